The lowest BCUT2D eigenvalue weighted by molar-refractivity contribution is 1.14. The maximum absolute atomic E-state index is 5.59. The zero-order chi connectivity index (χ0) is 7.56. The highest BCUT2D eigenvalue weighted by molar-refractivity contribution is 14.1. The van der Waals surface area contributed by atoms with E-state index in [1.165, 1.54) is 0 Å². The maximum Gasteiger partial charge on any atom is 0.0693 e. The van der Waals surface area contributed by atoms with E-state index in [1.807, 2.05) is 6.07 Å². The van der Waals surface area contributed by atoms with Gasteiger partial charge in [-0.2, -0.15) is 0 Å². The summed E-state index contributed by atoms with van der Waals surface area (Å²) < 4.78 is 2.09. The standard InChI is InChI=1S/C6H4BrClIN.ClH/c7-5-1-4(9)3-10-6(5)2-8;/h1,3H,2H2;1H. The lowest BCUT2D eigenvalue weighted by Crippen LogP contribution is -1.86. The van der Waals surface area contributed by atoms with Gasteiger partial charge in [-0.05, 0) is 44.6 Å². The van der Waals surface area contributed by atoms with Crippen molar-refractivity contribution in [3.63, 3.8) is 0 Å². The van der Waals surface area contributed by atoms with Gasteiger partial charge >= 0.3 is 0 Å². The molecule has 0 amide bonds. The van der Waals surface area contributed by atoms with Crippen LogP contribution in [0.15, 0.2) is 16.7 Å². The van der Waals surface area contributed by atoms with Gasteiger partial charge < -0.3 is 0 Å². The van der Waals surface area contributed by atoms with Crippen molar-refractivity contribution in [1.29, 1.82) is 0 Å². The van der Waals surface area contributed by atoms with E-state index < -0.39 is 0 Å². The normalized spacial score (nSPS) is 9.00. The topological polar surface area (TPSA) is 12.9 Å². The van der Waals surface area contributed by atoms with Gasteiger partial charge in [0.15, 0.2) is 0 Å². The van der Waals surface area contributed by atoms with Crippen LogP contribution in [0.4, 0.5) is 0 Å². The lowest BCUT2D eigenvalue weighted by atomic mass is 10.4. The van der Waals surface area contributed by atoms with Gasteiger partial charge in [-0.15, -0.1) is 24.0 Å². The summed E-state index contributed by atoms with van der Waals surface area (Å²) in [6.07, 6.45) is 1.79. The fourth-order valence-electron chi connectivity index (χ4n) is 0.541. The fourth-order valence-corrected chi connectivity index (χ4v) is 2.28. The zero-order valence-electron chi connectivity index (χ0n) is 5.35. The minimum atomic E-state index is 0. The number of nitrogens with zero attached hydrogens (tertiary/aromatic N) is 1. The first-order chi connectivity index (χ1) is 4.74. The summed E-state index contributed by atoms with van der Waals surface area (Å²) >= 11 is 11.1. The third kappa shape index (κ3) is 3.44. The number of rotatable bonds is 1. The van der Waals surface area contributed by atoms with Crippen LogP contribution in [0.25, 0.3) is 0 Å². The van der Waals surface area contributed by atoms with Crippen LogP contribution in [0.3, 0.4) is 0 Å². The van der Waals surface area contributed by atoms with E-state index >= 15 is 0 Å². The molecule has 0 N–H and O–H groups in total. The molecule has 0 aliphatic rings. The van der Waals surface area contributed by atoms with Crippen LogP contribution < -0.4 is 0 Å². The fraction of sp³-hybridized carbons (Fsp3) is 0.167. The molecule has 0 fully saturated rings. The van der Waals surface area contributed by atoms with E-state index in [0.29, 0.717) is 5.88 Å². The smallest absolute Gasteiger partial charge is 0.0693 e. The highest BCUT2D eigenvalue weighted by Gasteiger charge is 1.98. The highest BCUT2D eigenvalue weighted by Crippen LogP contribution is 2.18. The van der Waals surface area contributed by atoms with Crippen molar-refractivity contribution in [1.82, 2.24) is 4.98 Å². The molecule has 0 aromatic carbocycles. The maximum atomic E-state index is 5.59. The van der Waals surface area contributed by atoms with Crippen LogP contribution in [0.5, 0.6) is 0 Å². The largest absolute Gasteiger partial charge is 0.258 e. The Labute approximate surface area is 98.6 Å². The van der Waals surface area contributed by atoms with E-state index in [-0.39, 0.29) is 12.4 Å². The minimum absolute atomic E-state index is 0. The third-order valence-corrected chi connectivity index (χ3v) is 2.54. The summed E-state index contributed by atoms with van der Waals surface area (Å²) in [5, 5.41) is 0. The Hall–Kier alpha value is 0.940. The van der Waals surface area contributed by atoms with E-state index in [2.05, 4.69) is 43.5 Å². The zero-order valence-corrected chi connectivity index (χ0v) is 10.7. The summed E-state index contributed by atoms with van der Waals surface area (Å²) in [5.74, 6) is 0.456. The molecular weight excluding hydrogens is 364 g/mol. The van der Waals surface area contributed by atoms with Gasteiger partial charge in [0.1, 0.15) is 0 Å². The molecule has 0 atom stereocenters. The van der Waals surface area contributed by atoms with Crippen LogP contribution in [-0.2, 0) is 5.88 Å². The van der Waals surface area contributed by atoms with E-state index in [4.69, 9.17) is 11.6 Å². The molecule has 11 heavy (non-hydrogen) atoms. The predicted molar refractivity (Wildman–Crippen MR) is 61.5 cm³/mol. The number of hydrogen-bond donors (Lipinski definition) is 0. The number of pyridine rings is 1. The first-order valence-corrected chi connectivity index (χ1v) is 5.00. The predicted octanol–water partition coefficient (Wildman–Crippen LogP) is 3.61. The monoisotopic (exact) mass is 367 g/mol. The van der Waals surface area contributed by atoms with Crippen molar-refractivity contribution in [2.45, 2.75) is 5.88 Å². The van der Waals surface area contributed by atoms with Gasteiger partial charge in [0.25, 0.3) is 0 Å². The highest BCUT2D eigenvalue weighted by atomic mass is 127. The lowest BCUT2D eigenvalue weighted by Gasteiger charge is -1.97. The Morgan fingerprint density at radius 3 is 2.73 bits per heavy atom. The third-order valence-electron chi connectivity index (χ3n) is 1.01. The average Bonchev–Trinajstić information content (AvgIpc) is 1.88. The second kappa shape index (κ2) is 5.56. The molecule has 5 heteroatoms. The Bertz CT molecular complexity index is 244. The van der Waals surface area contributed by atoms with E-state index in [9.17, 15) is 0 Å². The first kappa shape index (κ1) is 11.9. The molecule has 1 heterocycles. The second-order valence-corrected chi connectivity index (χ2v) is 4.08. The molecule has 0 spiro atoms. The Kier molecular flexibility index (Phi) is 6.04. The molecule has 0 saturated heterocycles. The van der Waals surface area contributed by atoms with Gasteiger partial charge in [-0.1, -0.05) is 0 Å². The van der Waals surface area contributed by atoms with Gasteiger partial charge in [-0.25, -0.2) is 0 Å². The van der Waals surface area contributed by atoms with Crippen molar-refractivity contribution >= 4 is 62.5 Å². The Morgan fingerprint density at radius 2 is 2.27 bits per heavy atom. The second-order valence-electron chi connectivity index (χ2n) is 1.72. The van der Waals surface area contributed by atoms with E-state index in [1.54, 1.807) is 6.20 Å². The van der Waals surface area contributed by atoms with Crippen LogP contribution in [-0.4, -0.2) is 4.98 Å². The number of halogens is 4. The Morgan fingerprint density at radius 1 is 1.64 bits per heavy atom. The summed E-state index contributed by atoms with van der Waals surface area (Å²) in [6, 6.07) is 1.99. The van der Waals surface area contributed by atoms with Gasteiger partial charge in [0.05, 0.1) is 11.6 Å². The number of alkyl halides is 1. The molecule has 1 aromatic rings. The Balaban J connectivity index is 0.000001000. The van der Waals surface area contributed by atoms with Crippen molar-refractivity contribution in [2.75, 3.05) is 0 Å². The SMILES string of the molecule is Cl.ClCc1ncc(I)cc1Br. The molecule has 1 aromatic heterocycles. The average molecular weight is 369 g/mol. The minimum Gasteiger partial charge on any atom is -0.258 e. The van der Waals surface area contributed by atoms with Gasteiger partial charge in [-0.3, -0.25) is 4.98 Å². The molecule has 0 aliphatic heterocycles. The summed E-state index contributed by atoms with van der Waals surface area (Å²) in [4.78, 5) is 4.11. The molecule has 0 radical (unpaired) electrons. The van der Waals surface area contributed by atoms with Crippen LogP contribution in [0, 0.1) is 3.57 Å². The molecule has 0 unspecified atom stereocenters. The molecule has 0 bridgehead atoms. The quantitative estimate of drug-likeness (QED) is 0.545. The molecular formula is C6H5BrCl2IN. The molecule has 0 saturated carbocycles. The summed E-state index contributed by atoms with van der Waals surface area (Å²) in [6.45, 7) is 0. The molecule has 1 rings (SSSR count). The van der Waals surface area contributed by atoms with Gasteiger partial charge in [0.2, 0.25) is 0 Å². The van der Waals surface area contributed by atoms with Crippen molar-refractivity contribution in [2.24, 2.45) is 0 Å². The van der Waals surface area contributed by atoms with Gasteiger partial charge in [0, 0.05) is 14.2 Å². The van der Waals surface area contributed by atoms with E-state index in [0.717, 1.165) is 13.7 Å². The van der Waals surface area contributed by atoms with Crippen LogP contribution in [0.1, 0.15) is 5.69 Å². The molecule has 1 nitrogen and oxygen atoms in total. The summed E-state index contributed by atoms with van der Waals surface area (Å²) in [7, 11) is 0. The van der Waals surface area contributed by atoms with Crippen LogP contribution >= 0.6 is 62.5 Å². The number of aromatic nitrogens is 1. The molecule has 62 valence electrons. The molecule has 0 aliphatic carbocycles. The number of hydrogen-bond acceptors (Lipinski definition) is 1. The van der Waals surface area contributed by atoms with Crippen molar-refractivity contribution in [3.05, 3.63) is 26.0 Å². The summed E-state index contributed by atoms with van der Waals surface area (Å²) in [5.41, 5.74) is 0.891. The van der Waals surface area contributed by atoms with Crippen LogP contribution in [0.2, 0.25) is 0 Å². The first-order valence-electron chi connectivity index (χ1n) is 2.60. The van der Waals surface area contributed by atoms with Crippen molar-refractivity contribution in [3.8, 4) is 0 Å². The van der Waals surface area contributed by atoms with Crippen molar-refractivity contribution < 1.29 is 0 Å².